The first-order valence-electron chi connectivity index (χ1n) is 7.68. The standard InChI is InChI=1S/C17H27NO/c1-19-16-11-7-8-14(12-16)13-17(18)15-9-5-3-2-4-6-10-15/h7-8,11-12,15,17H,2-6,9-10,13,18H2,1H3. The van der Waals surface area contributed by atoms with E-state index >= 15 is 0 Å². The summed E-state index contributed by atoms with van der Waals surface area (Å²) < 4.78 is 5.28. The Bertz CT molecular complexity index is 369. The normalized spacial score (nSPS) is 19.5. The van der Waals surface area contributed by atoms with Crippen LogP contribution in [0.3, 0.4) is 0 Å². The molecule has 2 heteroatoms. The predicted molar refractivity (Wildman–Crippen MR) is 80.5 cm³/mol. The number of ether oxygens (including phenoxy) is 1. The van der Waals surface area contributed by atoms with Crippen molar-refractivity contribution < 1.29 is 4.74 Å². The smallest absolute Gasteiger partial charge is 0.119 e. The molecule has 19 heavy (non-hydrogen) atoms. The number of hydrogen-bond donors (Lipinski definition) is 1. The van der Waals surface area contributed by atoms with Gasteiger partial charge in [-0.15, -0.1) is 0 Å². The Balaban J connectivity index is 1.92. The van der Waals surface area contributed by atoms with Crippen molar-refractivity contribution in [1.82, 2.24) is 0 Å². The van der Waals surface area contributed by atoms with Gasteiger partial charge in [0.1, 0.15) is 5.75 Å². The lowest BCUT2D eigenvalue weighted by Crippen LogP contribution is -2.32. The summed E-state index contributed by atoms with van der Waals surface area (Å²) in [5.74, 6) is 1.63. The predicted octanol–water partition coefficient (Wildman–Crippen LogP) is 3.93. The third-order valence-corrected chi connectivity index (χ3v) is 4.36. The lowest BCUT2D eigenvalue weighted by Gasteiger charge is -2.26. The van der Waals surface area contributed by atoms with Gasteiger partial charge in [0, 0.05) is 6.04 Å². The molecule has 0 amide bonds. The maximum Gasteiger partial charge on any atom is 0.119 e. The summed E-state index contributed by atoms with van der Waals surface area (Å²) in [5, 5.41) is 0. The Morgan fingerprint density at radius 3 is 2.53 bits per heavy atom. The molecule has 1 aromatic rings. The molecule has 0 bridgehead atoms. The van der Waals surface area contributed by atoms with Crippen molar-refractivity contribution in [3.8, 4) is 5.75 Å². The average molecular weight is 261 g/mol. The Morgan fingerprint density at radius 1 is 1.16 bits per heavy atom. The monoisotopic (exact) mass is 261 g/mol. The molecule has 0 saturated heterocycles. The van der Waals surface area contributed by atoms with Crippen LogP contribution in [0.25, 0.3) is 0 Å². The molecule has 1 atom stereocenters. The minimum Gasteiger partial charge on any atom is -0.497 e. The van der Waals surface area contributed by atoms with E-state index in [1.807, 2.05) is 6.07 Å². The SMILES string of the molecule is COc1cccc(CC(N)C2CCCCCCC2)c1. The highest BCUT2D eigenvalue weighted by Crippen LogP contribution is 2.26. The third-order valence-electron chi connectivity index (χ3n) is 4.36. The van der Waals surface area contributed by atoms with Crippen LogP contribution in [0, 0.1) is 5.92 Å². The summed E-state index contributed by atoms with van der Waals surface area (Å²) in [6.07, 6.45) is 10.5. The molecule has 0 aromatic heterocycles. The molecule has 1 aromatic carbocycles. The van der Waals surface area contributed by atoms with Gasteiger partial charge >= 0.3 is 0 Å². The minimum atomic E-state index is 0.296. The summed E-state index contributed by atoms with van der Waals surface area (Å²) in [7, 11) is 1.72. The Kier molecular flexibility index (Phi) is 5.71. The maximum atomic E-state index is 6.45. The fraction of sp³-hybridized carbons (Fsp3) is 0.647. The Hall–Kier alpha value is -1.02. The summed E-state index contributed by atoms with van der Waals surface area (Å²) in [6.45, 7) is 0. The van der Waals surface area contributed by atoms with Crippen molar-refractivity contribution >= 4 is 0 Å². The van der Waals surface area contributed by atoms with Crippen LogP contribution in [0.1, 0.15) is 50.5 Å². The van der Waals surface area contributed by atoms with Gasteiger partial charge in [0.25, 0.3) is 0 Å². The molecular weight excluding hydrogens is 234 g/mol. The molecule has 1 aliphatic rings. The molecule has 2 rings (SSSR count). The topological polar surface area (TPSA) is 35.2 Å². The summed E-state index contributed by atoms with van der Waals surface area (Å²) in [6, 6.07) is 8.61. The second-order valence-corrected chi connectivity index (χ2v) is 5.82. The van der Waals surface area contributed by atoms with Crippen molar-refractivity contribution in [3.05, 3.63) is 29.8 Å². The van der Waals surface area contributed by atoms with E-state index in [1.54, 1.807) is 7.11 Å². The van der Waals surface area contributed by atoms with Crippen LogP contribution in [0.2, 0.25) is 0 Å². The fourth-order valence-corrected chi connectivity index (χ4v) is 3.15. The van der Waals surface area contributed by atoms with E-state index < -0.39 is 0 Å². The first-order chi connectivity index (χ1) is 9.29. The zero-order valence-corrected chi connectivity index (χ0v) is 12.1. The molecule has 0 radical (unpaired) electrons. The lowest BCUT2D eigenvalue weighted by molar-refractivity contribution is 0.321. The van der Waals surface area contributed by atoms with E-state index in [-0.39, 0.29) is 0 Å². The molecule has 0 spiro atoms. The zero-order valence-electron chi connectivity index (χ0n) is 12.1. The van der Waals surface area contributed by atoms with E-state index in [0.717, 1.165) is 12.2 Å². The highest BCUT2D eigenvalue weighted by atomic mass is 16.5. The molecule has 2 nitrogen and oxygen atoms in total. The molecule has 1 unspecified atom stereocenters. The summed E-state index contributed by atoms with van der Waals surface area (Å²) in [4.78, 5) is 0. The summed E-state index contributed by atoms with van der Waals surface area (Å²) in [5.41, 5.74) is 7.75. The van der Waals surface area contributed by atoms with Gasteiger partial charge in [-0.3, -0.25) is 0 Å². The molecule has 1 fully saturated rings. The van der Waals surface area contributed by atoms with Crippen LogP contribution >= 0.6 is 0 Å². The zero-order chi connectivity index (χ0) is 13.5. The second kappa shape index (κ2) is 7.54. The minimum absolute atomic E-state index is 0.296. The van der Waals surface area contributed by atoms with Gasteiger partial charge in [0.15, 0.2) is 0 Å². The first-order valence-corrected chi connectivity index (χ1v) is 7.68. The maximum absolute atomic E-state index is 6.45. The number of methoxy groups -OCH3 is 1. The first kappa shape index (κ1) is 14.4. The van der Waals surface area contributed by atoms with Crippen molar-refractivity contribution in [3.63, 3.8) is 0 Å². The van der Waals surface area contributed by atoms with E-state index in [1.165, 1.54) is 50.5 Å². The van der Waals surface area contributed by atoms with Gasteiger partial charge < -0.3 is 10.5 Å². The van der Waals surface area contributed by atoms with Gasteiger partial charge in [-0.25, -0.2) is 0 Å². The second-order valence-electron chi connectivity index (χ2n) is 5.82. The Labute approximate surface area is 117 Å². The highest BCUT2D eigenvalue weighted by molar-refractivity contribution is 5.29. The molecule has 0 heterocycles. The number of nitrogens with two attached hydrogens (primary N) is 1. The van der Waals surface area contributed by atoms with Gasteiger partial charge in [-0.1, -0.05) is 44.2 Å². The number of benzene rings is 1. The fourth-order valence-electron chi connectivity index (χ4n) is 3.15. The number of hydrogen-bond acceptors (Lipinski definition) is 2. The van der Waals surface area contributed by atoms with Gasteiger partial charge in [0.05, 0.1) is 7.11 Å². The van der Waals surface area contributed by atoms with Crippen molar-refractivity contribution in [2.75, 3.05) is 7.11 Å². The van der Waals surface area contributed by atoms with Crippen LogP contribution < -0.4 is 10.5 Å². The van der Waals surface area contributed by atoms with E-state index in [2.05, 4.69) is 18.2 Å². The average Bonchev–Trinajstić information content (AvgIpc) is 2.38. The van der Waals surface area contributed by atoms with Gasteiger partial charge in [-0.2, -0.15) is 0 Å². The summed E-state index contributed by atoms with van der Waals surface area (Å²) >= 11 is 0. The molecule has 106 valence electrons. The van der Waals surface area contributed by atoms with Crippen LogP contribution in [-0.4, -0.2) is 13.2 Å². The lowest BCUT2D eigenvalue weighted by atomic mass is 9.84. The largest absolute Gasteiger partial charge is 0.497 e. The molecule has 1 saturated carbocycles. The van der Waals surface area contributed by atoms with Crippen LogP contribution in [0.4, 0.5) is 0 Å². The molecular formula is C17H27NO. The number of rotatable bonds is 4. The van der Waals surface area contributed by atoms with Crippen molar-refractivity contribution in [2.24, 2.45) is 11.7 Å². The van der Waals surface area contributed by atoms with Gasteiger partial charge in [-0.05, 0) is 42.9 Å². The third kappa shape index (κ3) is 4.54. The molecule has 2 N–H and O–H groups in total. The van der Waals surface area contributed by atoms with Crippen LogP contribution in [-0.2, 0) is 6.42 Å². The molecule has 0 aliphatic heterocycles. The molecule has 1 aliphatic carbocycles. The van der Waals surface area contributed by atoms with E-state index in [0.29, 0.717) is 12.0 Å². The van der Waals surface area contributed by atoms with Crippen molar-refractivity contribution in [1.29, 1.82) is 0 Å². The highest BCUT2D eigenvalue weighted by Gasteiger charge is 2.19. The van der Waals surface area contributed by atoms with Crippen LogP contribution in [0.15, 0.2) is 24.3 Å². The van der Waals surface area contributed by atoms with Gasteiger partial charge in [0.2, 0.25) is 0 Å². The Morgan fingerprint density at radius 2 is 1.84 bits per heavy atom. The van der Waals surface area contributed by atoms with Crippen LogP contribution in [0.5, 0.6) is 5.75 Å². The quantitative estimate of drug-likeness (QED) is 0.891. The van der Waals surface area contributed by atoms with E-state index in [9.17, 15) is 0 Å². The van der Waals surface area contributed by atoms with E-state index in [4.69, 9.17) is 10.5 Å². The van der Waals surface area contributed by atoms with Crippen molar-refractivity contribution in [2.45, 2.75) is 57.4 Å².